The first kappa shape index (κ1) is 30.1. The fourth-order valence-corrected chi connectivity index (χ4v) is 5.12. The van der Waals surface area contributed by atoms with Crippen molar-refractivity contribution >= 4 is 49.8 Å². The van der Waals surface area contributed by atoms with Gasteiger partial charge < -0.3 is 4.18 Å². The molecule has 0 aliphatic rings. The first-order valence-electron chi connectivity index (χ1n) is 11.3. The maximum atomic E-state index is 12.3. The Bertz CT molecular complexity index is 991. The zero-order chi connectivity index (χ0) is 23.3. The molecule has 0 radical (unpaired) electrons. The van der Waals surface area contributed by atoms with Crippen molar-refractivity contribution < 1.29 is 25.2 Å². The van der Waals surface area contributed by atoms with Gasteiger partial charge >= 0.3 is 39.7 Å². The molecule has 0 aliphatic heterocycles. The molecule has 0 saturated carbocycles. The summed E-state index contributed by atoms with van der Waals surface area (Å²) < 4.78 is 59.5. The van der Waals surface area contributed by atoms with E-state index in [1.807, 2.05) is 0 Å². The molecular weight excluding hydrogens is 471 g/mol. The first-order valence-corrected chi connectivity index (χ1v) is 14.2. The number of rotatable bonds is 16. The van der Waals surface area contributed by atoms with Crippen LogP contribution in [0, 0.1) is 0 Å². The molecule has 33 heavy (non-hydrogen) atoms. The topological polar surface area (TPSA) is 86.7 Å². The van der Waals surface area contributed by atoms with Crippen molar-refractivity contribution in [3.8, 4) is 5.75 Å². The van der Waals surface area contributed by atoms with Crippen LogP contribution in [0.4, 0.5) is 0 Å². The van der Waals surface area contributed by atoms with E-state index >= 15 is 0 Å². The predicted molar refractivity (Wildman–Crippen MR) is 133 cm³/mol. The van der Waals surface area contributed by atoms with Crippen molar-refractivity contribution in [3.05, 3.63) is 54.6 Å². The molecule has 180 valence electrons. The van der Waals surface area contributed by atoms with Gasteiger partial charge in [-0.2, -0.15) is 16.8 Å². The summed E-state index contributed by atoms with van der Waals surface area (Å²) in [5.41, 5.74) is 0. The Morgan fingerprint density at radius 1 is 0.606 bits per heavy atom. The summed E-state index contributed by atoms with van der Waals surface area (Å²) >= 11 is 0. The van der Waals surface area contributed by atoms with E-state index < -0.39 is 20.2 Å². The fourth-order valence-electron chi connectivity index (χ4n) is 3.25. The van der Waals surface area contributed by atoms with Crippen molar-refractivity contribution in [3.63, 3.8) is 0 Å². The molecular formula is C24H35NaO6S2. The van der Waals surface area contributed by atoms with Gasteiger partial charge in [-0.05, 0) is 42.8 Å². The van der Waals surface area contributed by atoms with Crippen LogP contribution in [0.3, 0.4) is 0 Å². The van der Waals surface area contributed by atoms with Crippen molar-refractivity contribution in [2.24, 2.45) is 0 Å². The molecule has 0 spiro atoms. The molecule has 0 aliphatic carbocycles. The Morgan fingerprint density at radius 2 is 1.06 bits per heavy atom. The van der Waals surface area contributed by atoms with Gasteiger partial charge in [0, 0.05) is 0 Å². The third kappa shape index (κ3) is 11.4. The Morgan fingerprint density at radius 3 is 1.58 bits per heavy atom. The Hall–Kier alpha value is -0.900. The first-order chi connectivity index (χ1) is 15.3. The molecule has 0 N–H and O–H groups in total. The molecule has 0 fully saturated rings. The normalized spacial score (nSPS) is 11.7. The number of hydrogen-bond donors (Lipinski definition) is 0. The van der Waals surface area contributed by atoms with Gasteiger partial charge in [0.25, 0.3) is 10.1 Å². The van der Waals surface area contributed by atoms with E-state index in [1.54, 1.807) is 18.2 Å². The number of hydrogen-bond acceptors (Lipinski definition) is 6. The third-order valence-corrected chi connectivity index (χ3v) is 7.67. The summed E-state index contributed by atoms with van der Waals surface area (Å²) in [4.78, 5) is -0.210. The van der Waals surface area contributed by atoms with Crippen LogP contribution in [0.15, 0.2) is 64.4 Å². The summed E-state index contributed by atoms with van der Waals surface area (Å²) in [5.74, 6) is 0.184. The van der Waals surface area contributed by atoms with Crippen LogP contribution in [0.25, 0.3) is 0 Å². The van der Waals surface area contributed by atoms with Gasteiger partial charge in [-0.25, -0.2) is 0 Å². The van der Waals surface area contributed by atoms with Crippen LogP contribution in [-0.2, 0) is 24.4 Å². The maximum absolute atomic E-state index is 12.3. The van der Waals surface area contributed by atoms with Gasteiger partial charge in [0.2, 0.25) is 0 Å². The summed E-state index contributed by atoms with van der Waals surface area (Å²) in [5, 5.41) is 0. The molecule has 0 bridgehead atoms. The van der Waals surface area contributed by atoms with Crippen molar-refractivity contribution in [1.29, 1.82) is 0 Å². The minimum absolute atomic E-state index is 0. The second-order valence-electron chi connectivity index (χ2n) is 7.78. The van der Waals surface area contributed by atoms with E-state index in [2.05, 4.69) is 6.92 Å². The fraction of sp³-hybridized carbons (Fsp3) is 0.500. The van der Waals surface area contributed by atoms with Crippen LogP contribution >= 0.6 is 0 Å². The monoisotopic (exact) mass is 506 g/mol. The van der Waals surface area contributed by atoms with Gasteiger partial charge in [-0.1, -0.05) is 82.9 Å². The van der Waals surface area contributed by atoms with Crippen molar-refractivity contribution in [2.45, 2.75) is 80.9 Å². The Labute approximate surface area is 221 Å². The zero-order valence-corrected chi connectivity index (χ0v) is 20.4. The second kappa shape index (κ2) is 15.9. The average molecular weight is 507 g/mol. The minimum atomic E-state index is -4.05. The Balaban J connectivity index is 0.00000544. The van der Waals surface area contributed by atoms with Crippen molar-refractivity contribution in [2.75, 3.05) is 6.61 Å². The molecule has 6 nitrogen and oxygen atoms in total. The van der Waals surface area contributed by atoms with Gasteiger partial charge in [0.15, 0.2) is 0 Å². The summed E-state index contributed by atoms with van der Waals surface area (Å²) in [6.45, 7) is 2.33. The predicted octanol–water partition coefficient (Wildman–Crippen LogP) is 5.43. The second-order valence-corrected chi connectivity index (χ2v) is 10.9. The molecule has 0 amide bonds. The molecule has 0 saturated heterocycles. The van der Waals surface area contributed by atoms with Crippen molar-refractivity contribution in [1.82, 2.24) is 0 Å². The summed E-state index contributed by atoms with van der Waals surface area (Å²) in [6, 6.07) is 13.0. The molecule has 9 heteroatoms. The van der Waals surface area contributed by atoms with E-state index in [9.17, 15) is 16.8 Å². The molecule has 2 rings (SSSR count). The number of para-hydroxylation sites is 1. The third-order valence-electron chi connectivity index (χ3n) is 5.09. The zero-order valence-electron chi connectivity index (χ0n) is 18.7. The number of unbranched alkanes of at least 4 members (excludes halogenated alkanes) is 9. The van der Waals surface area contributed by atoms with Gasteiger partial charge in [0.1, 0.15) is 10.6 Å². The van der Waals surface area contributed by atoms with Crippen LogP contribution < -0.4 is 4.18 Å². The van der Waals surface area contributed by atoms with Crippen LogP contribution in [0.1, 0.15) is 71.1 Å². The van der Waals surface area contributed by atoms with E-state index in [4.69, 9.17) is 8.37 Å². The van der Waals surface area contributed by atoms with Gasteiger partial charge in [-0.3, -0.25) is 4.18 Å². The SMILES string of the molecule is CCCCCCCCCCCCOS(=O)(=O)c1ccc(S(=O)(=O)Oc2ccccc2)cc1.[NaH]. The summed E-state index contributed by atoms with van der Waals surface area (Å²) in [6.07, 6.45) is 11.5. The quantitative estimate of drug-likeness (QED) is 0.171. The van der Waals surface area contributed by atoms with Gasteiger partial charge in [0.05, 0.1) is 11.5 Å². The molecule has 2 aromatic rings. The van der Waals surface area contributed by atoms with E-state index in [-0.39, 0.29) is 51.7 Å². The van der Waals surface area contributed by atoms with E-state index in [0.29, 0.717) is 6.42 Å². The van der Waals surface area contributed by atoms with E-state index in [0.717, 1.165) is 12.8 Å². The van der Waals surface area contributed by atoms with Crippen LogP contribution in [0.5, 0.6) is 5.75 Å². The molecule has 0 atom stereocenters. The molecule has 0 unspecified atom stereocenters. The van der Waals surface area contributed by atoms with Gasteiger partial charge in [-0.15, -0.1) is 0 Å². The van der Waals surface area contributed by atoms with Crippen LogP contribution in [-0.4, -0.2) is 53.0 Å². The Kier molecular flexibility index (Phi) is 14.5. The average Bonchev–Trinajstić information content (AvgIpc) is 2.78. The molecule has 2 aromatic carbocycles. The summed E-state index contributed by atoms with van der Waals surface area (Å²) in [7, 11) is -7.98. The molecule has 0 aromatic heterocycles. The van der Waals surface area contributed by atoms with Crippen LogP contribution in [0.2, 0.25) is 0 Å². The van der Waals surface area contributed by atoms with E-state index in [1.165, 1.54) is 81.3 Å². The number of benzene rings is 2. The molecule has 0 heterocycles. The standard InChI is InChI=1S/C24H34O6S2.Na.H/c1-2-3-4-5-6-7-8-9-10-14-21-29-31(25,26)23-17-19-24(20-18-23)32(27,28)30-22-15-12-11-13-16-22;;/h11-13,15-20H,2-10,14,21H2,1H3;;.